The van der Waals surface area contributed by atoms with E-state index in [0.717, 1.165) is 73.1 Å². The Bertz CT molecular complexity index is 1920. The zero-order chi connectivity index (χ0) is 37.6. The van der Waals surface area contributed by atoms with E-state index in [2.05, 4.69) is 73.8 Å². The number of rotatable bonds is 11. The van der Waals surface area contributed by atoms with Gasteiger partial charge >= 0.3 is 0 Å². The average molecular weight is 772 g/mol. The van der Waals surface area contributed by atoms with Gasteiger partial charge in [-0.15, -0.1) is 11.3 Å². The number of carbonyl (C=O) groups excluding carboxylic acids is 2. The number of thiazole rings is 1. The normalized spacial score (nSPS) is 22.4. The highest BCUT2D eigenvalue weighted by Gasteiger charge is 2.27. The third-order valence-corrected chi connectivity index (χ3v) is 12.1. The van der Waals surface area contributed by atoms with Crippen LogP contribution in [0.3, 0.4) is 0 Å². The van der Waals surface area contributed by atoms with Crippen molar-refractivity contribution in [2.24, 2.45) is 0 Å². The molecule has 10 nitrogen and oxygen atoms in total. The smallest absolute Gasteiger partial charge is 0.270 e. The minimum absolute atomic E-state index is 0.00472. The number of carbonyl (C=O) groups is 2. The lowest BCUT2D eigenvalue weighted by Gasteiger charge is -2.36. The van der Waals surface area contributed by atoms with E-state index in [1.54, 1.807) is 5.38 Å². The molecule has 3 N–H and O–H groups in total. The molecular weight excluding hydrogens is 722 g/mol. The molecule has 0 unspecified atom stereocenters. The van der Waals surface area contributed by atoms with E-state index < -0.39 is 11.7 Å². The minimum atomic E-state index is -0.615. The van der Waals surface area contributed by atoms with Crippen LogP contribution in [0.15, 0.2) is 60.1 Å². The molecule has 1 aliphatic carbocycles. The van der Waals surface area contributed by atoms with Crippen molar-refractivity contribution in [3.05, 3.63) is 93.3 Å². The van der Waals surface area contributed by atoms with Crippen molar-refractivity contribution < 1.29 is 18.7 Å². The van der Waals surface area contributed by atoms with E-state index in [4.69, 9.17) is 4.74 Å². The molecule has 0 radical (unpaired) electrons. The van der Waals surface area contributed by atoms with Crippen LogP contribution in [-0.2, 0) is 13.1 Å². The van der Waals surface area contributed by atoms with Crippen molar-refractivity contribution >= 4 is 34.9 Å². The molecule has 2 atom stereocenters. The third-order valence-electron chi connectivity index (χ3n) is 10.4. The number of nitrogens with zero attached hydrogens (tertiary/aromatic N) is 4. The summed E-state index contributed by atoms with van der Waals surface area (Å²) < 4.78 is 20.8. The predicted molar refractivity (Wildman–Crippen MR) is 214 cm³/mol. The van der Waals surface area contributed by atoms with Crippen LogP contribution in [0.25, 0.3) is 11.1 Å². The van der Waals surface area contributed by atoms with E-state index in [1.807, 2.05) is 36.9 Å². The van der Waals surface area contributed by atoms with Gasteiger partial charge in [-0.2, -0.15) is 11.8 Å². The van der Waals surface area contributed by atoms with Gasteiger partial charge in [-0.25, -0.2) is 14.4 Å². The summed E-state index contributed by atoms with van der Waals surface area (Å²) in [5.41, 5.74) is 5.21. The lowest BCUT2D eigenvalue weighted by Crippen LogP contribution is -2.53. The first kappa shape index (κ1) is 38.4. The van der Waals surface area contributed by atoms with E-state index >= 15 is 0 Å². The number of aromatic nitrogens is 2. The highest BCUT2D eigenvalue weighted by molar-refractivity contribution is 7.99. The van der Waals surface area contributed by atoms with Crippen LogP contribution in [0, 0.1) is 12.7 Å². The summed E-state index contributed by atoms with van der Waals surface area (Å²) >= 11 is 3.46. The number of pyridine rings is 1. The Morgan fingerprint density at radius 2 is 1.65 bits per heavy atom. The van der Waals surface area contributed by atoms with Gasteiger partial charge < -0.3 is 20.7 Å². The zero-order valence-electron chi connectivity index (χ0n) is 31.3. The number of aryl methyl sites for hydroxylation is 1. The average Bonchev–Trinajstić information content (AvgIpc) is 3.60. The molecular formula is C41H50FN7O3S2. The second-order valence-electron chi connectivity index (χ2n) is 14.9. The summed E-state index contributed by atoms with van der Waals surface area (Å²) in [7, 11) is 0. The number of amides is 2. The molecule has 0 bridgehead atoms. The minimum Gasteiger partial charge on any atom is -0.438 e. The maximum Gasteiger partial charge on any atom is 0.270 e. The van der Waals surface area contributed by atoms with Gasteiger partial charge in [0.1, 0.15) is 22.8 Å². The highest BCUT2D eigenvalue weighted by atomic mass is 32.2. The van der Waals surface area contributed by atoms with Gasteiger partial charge in [-0.1, -0.05) is 30.3 Å². The number of piperazine rings is 1. The van der Waals surface area contributed by atoms with Crippen molar-refractivity contribution in [3.63, 3.8) is 0 Å². The van der Waals surface area contributed by atoms with Gasteiger partial charge in [-0.05, 0) is 86.9 Å². The monoisotopic (exact) mass is 771 g/mol. The molecule has 1 saturated carbocycles. The number of hydrogen-bond acceptors (Lipinski definition) is 10. The number of nitrogens with one attached hydrogen (secondary N) is 3. The van der Waals surface area contributed by atoms with Gasteiger partial charge in [0.05, 0.1) is 11.2 Å². The molecule has 2 saturated heterocycles. The SMILES string of the molecule is Cc1nc(C(=O)NC2CCC(NC(=O)c3cc(F)cnc3Oc3cccc(-c4ccc(CN5C[C@@H](C)N[C@H](C)C5)cc4CN4CCSCC4)c3)CC2)cs1. The number of thioether (sulfide) groups is 1. The molecule has 0 spiro atoms. The standard InChI is InChI=1S/C41H50FN7O3S2/c1-26-21-49(22-27(2)44-26)23-29-7-12-36(31(17-29)24-48-13-15-53-16-14-48)30-5-4-6-35(18-30)52-41-37(19-32(42)20-43-41)39(50)46-33-8-10-34(11-9-33)47-40(51)38-25-54-28(3)45-38/h4-7,12,17-20,25-27,33-34,44H,8-11,13-16,21-24H2,1-3H3,(H,46,50)(H,47,51)/t26-,27-,33?,34?/m1/s1. The molecule has 286 valence electrons. The van der Waals surface area contributed by atoms with Crippen LogP contribution in [0.5, 0.6) is 11.6 Å². The van der Waals surface area contributed by atoms with Crippen molar-refractivity contribution in [2.75, 3.05) is 37.7 Å². The number of halogens is 1. The Morgan fingerprint density at radius 3 is 2.35 bits per heavy atom. The molecule has 4 heterocycles. The van der Waals surface area contributed by atoms with Crippen LogP contribution < -0.4 is 20.7 Å². The fourth-order valence-electron chi connectivity index (χ4n) is 7.87. The molecule has 2 aromatic heterocycles. The number of ether oxygens (including phenoxy) is 1. The third kappa shape index (κ3) is 10.0. The quantitative estimate of drug-likeness (QED) is 0.155. The maximum absolute atomic E-state index is 14.5. The molecule has 2 aliphatic heterocycles. The summed E-state index contributed by atoms with van der Waals surface area (Å²) in [6.07, 6.45) is 3.86. The van der Waals surface area contributed by atoms with Crippen LogP contribution in [0.1, 0.15) is 76.5 Å². The van der Waals surface area contributed by atoms with E-state index in [0.29, 0.717) is 49.2 Å². The Morgan fingerprint density at radius 1 is 0.926 bits per heavy atom. The molecule has 54 heavy (non-hydrogen) atoms. The Hall–Kier alpha value is -3.88. The summed E-state index contributed by atoms with van der Waals surface area (Å²) in [6, 6.07) is 16.7. The summed E-state index contributed by atoms with van der Waals surface area (Å²) in [5.74, 6) is 1.62. The van der Waals surface area contributed by atoms with Gasteiger partial charge in [0.15, 0.2) is 0 Å². The lowest BCUT2D eigenvalue weighted by molar-refractivity contribution is 0.0888. The van der Waals surface area contributed by atoms with Gasteiger partial charge in [0, 0.05) is 80.3 Å². The fourth-order valence-corrected chi connectivity index (χ4v) is 9.44. The van der Waals surface area contributed by atoms with E-state index in [1.165, 1.54) is 28.5 Å². The van der Waals surface area contributed by atoms with Gasteiger partial charge in [-0.3, -0.25) is 19.4 Å². The van der Waals surface area contributed by atoms with Crippen LogP contribution in [0.2, 0.25) is 0 Å². The first-order valence-electron chi connectivity index (χ1n) is 19.0. The Labute approximate surface area is 325 Å². The Kier molecular flexibility index (Phi) is 12.6. The lowest BCUT2D eigenvalue weighted by atomic mass is 9.91. The number of hydrogen-bond donors (Lipinski definition) is 3. The van der Waals surface area contributed by atoms with Crippen molar-refractivity contribution in [1.29, 1.82) is 0 Å². The Balaban J connectivity index is 1.04. The molecule has 3 fully saturated rings. The van der Waals surface area contributed by atoms with Gasteiger partial charge in [0.25, 0.3) is 11.8 Å². The predicted octanol–water partition coefficient (Wildman–Crippen LogP) is 6.65. The first-order chi connectivity index (χ1) is 26.1. The fraction of sp³-hybridized carbons (Fsp3) is 0.463. The van der Waals surface area contributed by atoms with Crippen molar-refractivity contribution in [3.8, 4) is 22.8 Å². The zero-order valence-corrected chi connectivity index (χ0v) is 32.9. The molecule has 2 aromatic carbocycles. The van der Waals surface area contributed by atoms with Crippen LogP contribution >= 0.6 is 23.1 Å². The van der Waals surface area contributed by atoms with Crippen LogP contribution in [-0.4, -0.2) is 93.4 Å². The molecule has 3 aliphatic rings. The second kappa shape index (κ2) is 17.7. The van der Waals surface area contributed by atoms with E-state index in [9.17, 15) is 14.0 Å². The summed E-state index contributed by atoms with van der Waals surface area (Å²) in [6.45, 7) is 12.3. The molecule has 2 amide bonds. The number of benzene rings is 2. The van der Waals surface area contributed by atoms with Crippen molar-refractivity contribution in [2.45, 2.75) is 83.7 Å². The first-order valence-corrected chi connectivity index (χ1v) is 21.1. The topological polar surface area (TPSA) is 112 Å². The highest BCUT2D eigenvalue weighted by Crippen LogP contribution is 2.33. The summed E-state index contributed by atoms with van der Waals surface area (Å²) in [4.78, 5) is 39.7. The molecule has 4 aromatic rings. The van der Waals surface area contributed by atoms with Crippen LogP contribution in [0.4, 0.5) is 4.39 Å². The second-order valence-corrected chi connectivity index (χ2v) is 17.2. The van der Waals surface area contributed by atoms with Crippen molar-refractivity contribution in [1.82, 2.24) is 35.7 Å². The summed E-state index contributed by atoms with van der Waals surface area (Å²) in [5, 5.41) is 12.4. The van der Waals surface area contributed by atoms with E-state index in [-0.39, 0.29) is 29.4 Å². The molecule has 13 heteroatoms. The van der Waals surface area contributed by atoms with Gasteiger partial charge in [0.2, 0.25) is 5.88 Å². The molecule has 7 rings (SSSR count). The maximum atomic E-state index is 14.5. The largest absolute Gasteiger partial charge is 0.438 e.